The van der Waals surface area contributed by atoms with Crippen LogP contribution in [-0.4, -0.2) is 0 Å². The number of hydrogen-bond donors (Lipinski definition) is 0. The SMILES string of the molecule is C1=CC([C+]2c3ccccc3-c3ccccc32)c2ccccc21. The lowest BCUT2D eigenvalue weighted by atomic mass is 9.81. The Bertz CT molecular complexity index is 856. The topological polar surface area (TPSA) is 0 Å². The van der Waals surface area contributed by atoms with Crippen LogP contribution in [0.1, 0.15) is 28.2 Å². The Balaban J connectivity index is 1.75. The predicted octanol–water partition coefficient (Wildman–Crippen LogP) is 5.45. The summed E-state index contributed by atoms with van der Waals surface area (Å²) in [6.07, 6.45) is 4.61. The molecule has 1 unspecified atom stereocenters. The molecule has 22 heavy (non-hydrogen) atoms. The second-order valence-corrected chi connectivity index (χ2v) is 5.97. The molecule has 0 bridgehead atoms. The van der Waals surface area contributed by atoms with Crippen molar-refractivity contribution in [3.8, 4) is 11.1 Å². The van der Waals surface area contributed by atoms with Crippen LogP contribution in [0.5, 0.6) is 0 Å². The number of hydrogen-bond acceptors (Lipinski definition) is 0. The van der Waals surface area contributed by atoms with Gasteiger partial charge in [-0.3, -0.25) is 0 Å². The molecule has 3 aromatic rings. The first-order valence-electron chi connectivity index (χ1n) is 7.76. The number of fused-ring (bicyclic) bond motifs is 4. The van der Waals surface area contributed by atoms with Gasteiger partial charge in [0.15, 0.2) is 0 Å². The van der Waals surface area contributed by atoms with Crippen molar-refractivity contribution < 1.29 is 0 Å². The third kappa shape index (κ3) is 1.50. The molecule has 0 saturated heterocycles. The molecule has 1 atom stereocenters. The highest BCUT2D eigenvalue weighted by atomic mass is 14.4. The maximum atomic E-state index is 2.35. The van der Waals surface area contributed by atoms with E-state index >= 15 is 0 Å². The molecule has 0 radical (unpaired) electrons. The van der Waals surface area contributed by atoms with Crippen molar-refractivity contribution in [1.82, 2.24) is 0 Å². The van der Waals surface area contributed by atoms with E-state index in [-0.39, 0.29) is 0 Å². The average Bonchev–Trinajstić information content (AvgIpc) is 3.14. The standard InChI is InChI=1S/C22H15/c1-2-8-16-15(7-1)13-14-21(16)22-19-11-5-3-9-17(19)18-10-4-6-12-20(18)22/h1-14,21H/q+1. The summed E-state index contributed by atoms with van der Waals surface area (Å²) in [5, 5.41) is 0. The van der Waals surface area contributed by atoms with Crippen LogP contribution in [-0.2, 0) is 0 Å². The van der Waals surface area contributed by atoms with E-state index < -0.39 is 0 Å². The Morgan fingerprint density at radius 2 is 1.23 bits per heavy atom. The summed E-state index contributed by atoms with van der Waals surface area (Å²) in [6.45, 7) is 0. The Labute approximate surface area is 130 Å². The van der Waals surface area contributed by atoms with Crippen molar-refractivity contribution in [2.75, 3.05) is 0 Å². The summed E-state index contributed by atoms with van der Waals surface area (Å²) in [5.74, 6) is 1.81. The van der Waals surface area contributed by atoms with E-state index in [0.29, 0.717) is 5.92 Å². The van der Waals surface area contributed by atoms with Crippen molar-refractivity contribution in [1.29, 1.82) is 0 Å². The third-order valence-electron chi connectivity index (χ3n) is 4.83. The van der Waals surface area contributed by atoms with Gasteiger partial charge in [-0.05, 0) is 47.5 Å². The molecule has 0 spiro atoms. The van der Waals surface area contributed by atoms with Gasteiger partial charge < -0.3 is 0 Å². The Kier molecular flexibility index (Phi) is 2.37. The van der Waals surface area contributed by atoms with E-state index in [1.165, 1.54) is 39.3 Å². The molecule has 5 rings (SSSR count). The number of rotatable bonds is 1. The number of allylic oxidation sites excluding steroid dienone is 1. The molecule has 0 heterocycles. The Morgan fingerprint density at radius 3 is 1.95 bits per heavy atom. The quantitative estimate of drug-likeness (QED) is 0.520. The second-order valence-electron chi connectivity index (χ2n) is 5.97. The van der Waals surface area contributed by atoms with Gasteiger partial charge in [-0.1, -0.05) is 36.4 Å². The molecule has 0 amide bonds. The summed E-state index contributed by atoms with van der Waals surface area (Å²) >= 11 is 0. The molecule has 2 aliphatic carbocycles. The van der Waals surface area contributed by atoms with Crippen LogP contribution < -0.4 is 0 Å². The smallest absolute Gasteiger partial charge is 0.0644 e. The summed E-state index contributed by atoms with van der Waals surface area (Å²) in [4.78, 5) is 0. The molecule has 0 heteroatoms. The summed E-state index contributed by atoms with van der Waals surface area (Å²) in [5.41, 5.74) is 8.27. The van der Waals surface area contributed by atoms with Crippen LogP contribution in [0.2, 0.25) is 0 Å². The van der Waals surface area contributed by atoms with E-state index in [1.807, 2.05) is 0 Å². The molecular weight excluding hydrogens is 264 g/mol. The van der Waals surface area contributed by atoms with E-state index in [9.17, 15) is 0 Å². The largest absolute Gasteiger partial charge is 0.0926 e. The van der Waals surface area contributed by atoms with E-state index in [4.69, 9.17) is 0 Å². The second kappa shape index (κ2) is 4.38. The minimum absolute atomic E-state index is 0.362. The minimum atomic E-state index is 0.362. The van der Waals surface area contributed by atoms with Crippen molar-refractivity contribution in [2.24, 2.45) is 0 Å². The zero-order valence-corrected chi connectivity index (χ0v) is 12.2. The lowest BCUT2D eigenvalue weighted by molar-refractivity contribution is 0.935. The highest BCUT2D eigenvalue weighted by Crippen LogP contribution is 2.52. The fourth-order valence-corrected chi connectivity index (χ4v) is 3.89. The van der Waals surface area contributed by atoms with E-state index in [1.54, 1.807) is 0 Å². The van der Waals surface area contributed by atoms with Gasteiger partial charge in [-0.2, -0.15) is 0 Å². The fraction of sp³-hybridized carbons (Fsp3) is 0.0455. The first-order chi connectivity index (χ1) is 10.9. The van der Waals surface area contributed by atoms with Crippen LogP contribution in [0.4, 0.5) is 0 Å². The lowest BCUT2D eigenvalue weighted by Gasteiger charge is -2.16. The molecule has 0 N–H and O–H groups in total. The molecule has 2 aliphatic rings. The first kappa shape index (κ1) is 11.9. The van der Waals surface area contributed by atoms with Crippen LogP contribution in [0.3, 0.4) is 0 Å². The Hall–Kier alpha value is -2.73. The van der Waals surface area contributed by atoms with Gasteiger partial charge in [-0.25, -0.2) is 0 Å². The highest BCUT2D eigenvalue weighted by molar-refractivity contribution is 5.86. The summed E-state index contributed by atoms with van der Waals surface area (Å²) < 4.78 is 0. The zero-order chi connectivity index (χ0) is 14.5. The van der Waals surface area contributed by atoms with E-state index in [0.717, 1.165) is 0 Å². The van der Waals surface area contributed by atoms with Crippen molar-refractivity contribution in [3.63, 3.8) is 0 Å². The summed E-state index contributed by atoms with van der Waals surface area (Å²) in [7, 11) is 0. The average molecular weight is 279 g/mol. The third-order valence-corrected chi connectivity index (χ3v) is 4.83. The number of benzene rings is 3. The molecule has 3 aromatic carbocycles. The lowest BCUT2D eigenvalue weighted by Crippen LogP contribution is -2.08. The maximum Gasteiger partial charge on any atom is 0.0926 e. The van der Waals surface area contributed by atoms with Crippen molar-refractivity contribution in [2.45, 2.75) is 5.92 Å². The molecule has 0 saturated carbocycles. The first-order valence-corrected chi connectivity index (χ1v) is 7.76. The normalized spacial score (nSPS) is 17.3. The monoisotopic (exact) mass is 279 g/mol. The Morgan fingerprint density at radius 1 is 0.636 bits per heavy atom. The molecule has 0 nitrogen and oxygen atoms in total. The minimum Gasteiger partial charge on any atom is -0.0644 e. The predicted molar refractivity (Wildman–Crippen MR) is 91.5 cm³/mol. The molecule has 0 fully saturated rings. The van der Waals surface area contributed by atoms with Crippen LogP contribution in [0.15, 0.2) is 78.9 Å². The molecule has 102 valence electrons. The van der Waals surface area contributed by atoms with Gasteiger partial charge in [0.2, 0.25) is 0 Å². The summed E-state index contributed by atoms with van der Waals surface area (Å²) in [6, 6.07) is 26.3. The molecule has 0 aliphatic heterocycles. The zero-order valence-electron chi connectivity index (χ0n) is 12.2. The van der Waals surface area contributed by atoms with Gasteiger partial charge in [0.1, 0.15) is 0 Å². The van der Waals surface area contributed by atoms with E-state index in [2.05, 4.69) is 84.9 Å². The molecular formula is C22H15+. The van der Waals surface area contributed by atoms with Crippen LogP contribution in [0.25, 0.3) is 17.2 Å². The molecule has 0 aromatic heterocycles. The van der Waals surface area contributed by atoms with Crippen molar-refractivity contribution >= 4 is 6.08 Å². The van der Waals surface area contributed by atoms with Crippen LogP contribution >= 0.6 is 0 Å². The van der Waals surface area contributed by atoms with Gasteiger partial charge >= 0.3 is 0 Å². The van der Waals surface area contributed by atoms with Gasteiger partial charge in [-0.15, -0.1) is 0 Å². The van der Waals surface area contributed by atoms with Gasteiger partial charge in [0.25, 0.3) is 0 Å². The van der Waals surface area contributed by atoms with Crippen molar-refractivity contribution in [3.05, 3.63) is 107 Å². The fourth-order valence-electron chi connectivity index (χ4n) is 3.89. The van der Waals surface area contributed by atoms with Gasteiger partial charge in [0, 0.05) is 12.1 Å². The van der Waals surface area contributed by atoms with Crippen LogP contribution in [0, 0.1) is 5.92 Å². The van der Waals surface area contributed by atoms with Gasteiger partial charge in [0.05, 0.1) is 34.1 Å². The highest BCUT2D eigenvalue weighted by Gasteiger charge is 2.42. The maximum absolute atomic E-state index is 2.35.